The van der Waals surface area contributed by atoms with Gasteiger partial charge in [-0.15, -0.1) is 0 Å². The molecule has 0 saturated carbocycles. The summed E-state index contributed by atoms with van der Waals surface area (Å²) in [5.41, 5.74) is 7.91. The van der Waals surface area contributed by atoms with E-state index in [1.807, 2.05) is 6.20 Å². The van der Waals surface area contributed by atoms with Gasteiger partial charge in [-0.2, -0.15) is 0 Å². The number of methoxy groups -OCH3 is 1. The molecule has 3 nitrogen and oxygen atoms in total. The molecule has 2 N–H and O–H groups in total. The minimum Gasteiger partial charge on any atom is -0.493 e. The highest BCUT2D eigenvalue weighted by Crippen LogP contribution is 2.29. The first-order valence-electron chi connectivity index (χ1n) is 4.70. The molecule has 0 atom stereocenters. The van der Waals surface area contributed by atoms with Gasteiger partial charge in [-0.05, 0) is 17.4 Å². The largest absolute Gasteiger partial charge is 0.493 e. The molecule has 1 heterocycles. The predicted octanol–water partition coefficient (Wildman–Crippen LogP) is 2.26. The minimum absolute atomic E-state index is 0.210. The Balaban J connectivity index is 2.98. The fourth-order valence-corrected chi connectivity index (χ4v) is 1.37. The molecule has 78 valence electrons. The molecule has 0 fully saturated rings. The average molecular weight is 194 g/mol. The van der Waals surface area contributed by atoms with Crippen molar-refractivity contribution in [1.29, 1.82) is 0 Å². The van der Waals surface area contributed by atoms with Crippen molar-refractivity contribution in [2.24, 2.45) is 5.41 Å². The summed E-state index contributed by atoms with van der Waals surface area (Å²) in [6.45, 7) is 6.52. The Morgan fingerprint density at radius 3 is 2.50 bits per heavy atom. The minimum atomic E-state index is 0.210. The number of aromatic nitrogens is 1. The van der Waals surface area contributed by atoms with E-state index in [0.29, 0.717) is 11.4 Å². The summed E-state index contributed by atoms with van der Waals surface area (Å²) in [5, 5.41) is 0. The van der Waals surface area contributed by atoms with Gasteiger partial charge in [0.1, 0.15) is 0 Å². The molecule has 0 spiro atoms. The number of hydrogen-bond acceptors (Lipinski definition) is 3. The summed E-state index contributed by atoms with van der Waals surface area (Å²) < 4.78 is 5.11. The van der Waals surface area contributed by atoms with Gasteiger partial charge >= 0.3 is 0 Å². The van der Waals surface area contributed by atoms with E-state index in [-0.39, 0.29) is 5.41 Å². The summed E-state index contributed by atoms with van der Waals surface area (Å²) in [5.74, 6) is 0.659. The van der Waals surface area contributed by atoms with Crippen LogP contribution < -0.4 is 10.5 Å². The molecule has 0 aliphatic rings. The zero-order valence-corrected chi connectivity index (χ0v) is 9.29. The monoisotopic (exact) mass is 194 g/mol. The third-order valence-corrected chi connectivity index (χ3v) is 1.97. The standard InChI is InChI=1S/C11H18N2O/c1-11(2,3)5-8-6-13-7-9(14-4)10(8)12/h6-7H,5H2,1-4H3,(H2,12,13). The molecular weight excluding hydrogens is 176 g/mol. The zero-order valence-electron chi connectivity index (χ0n) is 9.29. The Morgan fingerprint density at radius 1 is 1.36 bits per heavy atom. The number of nitrogen functional groups attached to an aromatic ring is 1. The highest BCUT2D eigenvalue weighted by atomic mass is 16.5. The first-order valence-corrected chi connectivity index (χ1v) is 4.70. The van der Waals surface area contributed by atoms with Crippen LogP contribution in [0.25, 0.3) is 0 Å². The van der Waals surface area contributed by atoms with Crippen LogP contribution in [0.4, 0.5) is 5.69 Å². The molecule has 0 aliphatic carbocycles. The van der Waals surface area contributed by atoms with E-state index >= 15 is 0 Å². The first kappa shape index (κ1) is 10.8. The lowest BCUT2D eigenvalue weighted by Gasteiger charge is -2.19. The van der Waals surface area contributed by atoms with Crippen LogP contribution in [0.3, 0.4) is 0 Å². The summed E-state index contributed by atoms with van der Waals surface area (Å²) in [6, 6.07) is 0. The molecule has 0 saturated heterocycles. The Hall–Kier alpha value is -1.25. The molecule has 1 aromatic heterocycles. The van der Waals surface area contributed by atoms with Crippen LogP contribution in [0, 0.1) is 5.41 Å². The lowest BCUT2D eigenvalue weighted by Crippen LogP contribution is -2.11. The van der Waals surface area contributed by atoms with Crippen molar-refractivity contribution >= 4 is 5.69 Å². The topological polar surface area (TPSA) is 48.1 Å². The van der Waals surface area contributed by atoms with Crippen molar-refractivity contribution in [2.45, 2.75) is 27.2 Å². The highest BCUT2D eigenvalue weighted by molar-refractivity contribution is 5.56. The smallest absolute Gasteiger partial charge is 0.160 e. The summed E-state index contributed by atoms with van der Waals surface area (Å²) in [7, 11) is 1.61. The lowest BCUT2D eigenvalue weighted by atomic mass is 9.88. The van der Waals surface area contributed by atoms with Crippen LogP contribution in [0.2, 0.25) is 0 Å². The van der Waals surface area contributed by atoms with Crippen molar-refractivity contribution in [3.8, 4) is 5.75 Å². The maximum atomic E-state index is 5.94. The van der Waals surface area contributed by atoms with Gasteiger partial charge in [-0.3, -0.25) is 4.98 Å². The number of hydrogen-bond donors (Lipinski definition) is 1. The maximum Gasteiger partial charge on any atom is 0.160 e. The van der Waals surface area contributed by atoms with Gasteiger partial charge in [-0.25, -0.2) is 0 Å². The summed E-state index contributed by atoms with van der Waals surface area (Å²) >= 11 is 0. The van der Waals surface area contributed by atoms with Gasteiger partial charge in [0.25, 0.3) is 0 Å². The lowest BCUT2D eigenvalue weighted by molar-refractivity contribution is 0.402. The van der Waals surface area contributed by atoms with Crippen molar-refractivity contribution in [1.82, 2.24) is 4.98 Å². The van der Waals surface area contributed by atoms with Crippen LogP contribution in [-0.2, 0) is 6.42 Å². The van der Waals surface area contributed by atoms with E-state index < -0.39 is 0 Å². The summed E-state index contributed by atoms with van der Waals surface area (Å²) in [6.07, 6.45) is 4.35. The van der Waals surface area contributed by atoms with Gasteiger partial charge in [0.2, 0.25) is 0 Å². The fourth-order valence-electron chi connectivity index (χ4n) is 1.37. The number of nitrogens with two attached hydrogens (primary N) is 1. The van der Waals surface area contributed by atoms with Crippen molar-refractivity contribution in [3.05, 3.63) is 18.0 Å². The van der Waals surface area contributed by atoms with Crippen LogP contribution in [0.1, 0.15) is 26.3 Å². The van der Waals surface area contributed by atoms with Gasteiger partial charge < -0.3 is 10.5 Å². The van der Waals surface area contributed by atoms with Gasteiger partial charge in [0.15, 0.2) is 5.75 Å². The molecule has 1 aromatic rings. The van der Waals surface area contributed by atoms with Crippen LogP contribution in [0.5, 0.6) is 5.75 Å². The molecule has 1 rings (SSSR count). The number of nitrogens with zero attached hydrogens (tertiary/aromatic N) is 1. The Labute approximate surface area is 85.3 Å². The number of anilines is 1. The maximum absolute atomic E-state index is 5.94. The second-order valence-electron chi connectivity index (χ2n) is 4.65. The molecular formula is C11H18N2O. The zero-order chi connectivity index (χ0) is 10.8. The molecule has 0 radical (unpaired) electrons. The second-order valence-corrected chi connectivity index (χ2v) is 4.65. The fraction of sp³-hybridized carbons (Fsp3) is 0.545. The molecule has 14 heavy (non-hydrogen) atoms. The van der Waals surface area contributed by atoms with Crippen LogP contribution in [0.15, 0.2) is 12.4 Å². The molecule has 3 heteroatoms. The molecule has 0 amide bonds. The van der Waals surface area contributed by atoms with E-state index in [0.717, 1.165) is 12.0 Å². The molecule has 0 aromatic carbocycles. The number of pyridine rings is 1. The van der Waals surface area contributed by atoms with Gasteiger partial charge in [0, 0.05) is 6.20 Å². The van der Waals surface area contributed by atoms with E-state index in [2.05, 4.69) is 25.8 Å². The Morgan fingerprint density at radius 2 is 2.00 bits per heavy atom. The molecule has 0 aliphatic heterocycles. The third kappa shape index (κ3) is 2.62. The molecule has 0 bridgehead atoms. The normalized spacial score (nSPS) is 11.4. The van der Waals surface area contributed by atoms with Crippen molar-refractivity contribution in [2.75, 3.05) is 12.8 Å². The first-order chi connectivity index (χ1) is 6.44. The Bertz CT molecular complexity index is 316. The predicted molar refractivity (Wildman–Crippen MR) is 58.4 cm³/mol. The number of rotatable bonds is 2. The van der Waals surface area contributed by atoms with E-state index in [9.17, 15) is 0 Å². The van der Waals surface area contributed by atoms with E-state index in [4.69, 9.17) is 10.5 Å². The highest BCUT2D eigenvalue weighted by Gasteiger charge is 2.15. The van der Waals surface area contributed by atoms with Crippen LogP contribution >= 0.6 is 0 Å². The third-order valence-electron chi connectivity index (χ3n) is 1.97. The summed E-state index contributed by atoms with van der Waals surface area (Å²) in [4.78, 5) is 4.10. The average Bonchev–Trinajstić information content (AvgIpc) is 2.06. The second kappa shape index (κ2) is 3.86. The van der Waals surface area contributed by atoms with Crippen LogP contribution in [-0.4, -0.2) is 12.1 Å². The van der Waals surface area contributed by atoms with Gasteiger partial charge in [-0.1, -0.05) is 20.8 Å². The Kier molecular flexibility index (Phi) is 2.99. The SMILES string of the molecule is COc1cncc(CC(C)(C)C)c1N. The van der Waals surface area contributed by atoms with E-state index in [1.54, 1.807) is 13.3 Å². The molecule has 0 unspecified atom stereocenters. The van der Waals surface area contributed by atoms with E-state index in [1.165, 1.54) is 0 Å². The van der Waals surface area contributed by atoms with Gasteiger partial charge in [0.05, 0.1) is 19.0 Å². The van der Waals surface area contributed by atoms with Crippen molar-refractivity contribution < 1.29 is 4.74 Å². The van der Waals surface area contributed by atoms with Crippen molar-refractivity contribution in [3.63, 3.8) is 0 Å². The quantitative estimate of drug-likeness (QED) is 0.785. The number of ether oxygens (including phenoxy) is 1.